The number of halogens is 8. The summed E-state index contributed by atoms with van der Waals surface area (Å²) in [4.78, 5) is 0. The van der Waals surface area contributed by atoms with Crippen molar-refractivity contribution in [2.24, 2.45) is 0 Å². The van der Waals surface area contributed by atoms with Gasteiger partial charge in [-0.25, -0.2) is 0 Å². The summed E-state index contributed by atoms with van der Waals surface area (Å²) in [7, 11) is -17.3. The van der Waals surface area contributed by atoms with Gasteiger partial charge in [0.05, 0.1) is 0 Å². The first-order valence-electron chi connectivity index (χ1n) is 7.20. The molecule has 1 heterocycles. The molecule has 20 heteroatoms. The van der Waals surface area contributed by atoms with Crippen LogP contribution in [0.2, 0.25) is 0 Å². The third-order valence-corrected chi connectivity index (χ3v) is 64.8. The predicted molar refractivity (Wildman–Crippen MR) is 97.0 cm³/mol. The van der Waals surface area contributed by atoms with Crippen molar-refractivity contribution in [2.45, 2.75) is 0 Å². The second-order valence-electron chi connectivity index (χ2n) is 4.50. The number of rotatable bonds is 8. The van der Waals surface area contributed by atoms with Crippen molar-refractivity contribution >= 4 is 64.8 Å². The molecule has 0 aromatic rings. The molecule has 0 bridgehead atoms. The van der Waals surface area contributed by atoms with E-state index in [9.17, 15) is 35.1 Å². The first-order chi connectivity index (χ1) is 14.7. The Kier molecular flexibility index (Phi) is 6.56. The van der Waals surface area contributed by atoms with Crippen molar-refractivity contribution in [3.8, 4) is 0 Å². The molecule has 0 amide bonds. The third-order valence-electron chi connectivity index (χ3n) is 2.73. The van der Waals surface area contributed by atoms with E-state index in [1.807, 2.05) is 0 Å². The Labute approximate surface area is 166 Å². The van der Waals surface area contributed by atoms with E-state index in [4.69, 9.17) is 16.5 Å². The average Bonchev–Trinajstić information content (AvgIpc) is 2.63. The van der Waals surface area contributed by atoms with E-state index in [-0.39, 0.29) is 0 Å². The molecule has 1 fully saturated rings. The van der Waals surface area contributed by atoms with Crippen LogP contribution in [0.15, 0.2) is 49.1 Å². The molecule has 0 aromatic carbocycles. The Balaban J connectivity index is 4.12. The quantitative estimate of drug-likeness (QED) is 0.277. The Morgan fingerprint density at radius 2 is 0.812 bits per heavy atom. The summed E-state index contributed by atoms with van der Waals surface area (Å²) in [5.74, 6) is 0. The van der Waals surface area contributed by atoms with Crippen LogP contribution in [0.3, 0.4) is 0 Å². The maximum absolute atomic E-state index is 13.5. The van der Waals surface area contributed by atoms with Gasteiger partial charge in [-0.2, -0.15) is 0 Å². The predicted octanol–water partition coefficient (Wildman–Crippen LogP) is 3.17. The summed E-state index contributed by atoms with van der Waals surface area (Å²) < 4.78 is 119. The van der Waals surface area contributed by atoms with Gasteiger partial charge >= 0.3 is 166 Å². The van der Waals surface area contributed by atoms with Crippen LogP contribution >= 0.6 is 0 Å². The van der Waals surface area contributed by atoms with Gasteiger partial charge in [0.15, 0.2) is 0 Å². The van der Waals surface area contributed by atoms with Crippen LogP contribution in [0.25, 0.3) is 0 Å². The van der Waals surface area contributed by atoms with Crippen LogP contribution in [0, 0.1) is 0 Å². The van der Waals surface area contributed by atoms with Gasteiger partial charge in [-0.1, -0.05) is 0 Å². The van der Waals surface area contributed by atoms with Crippen LogP contribution < -0.4 is 0 Å². The molecule has 4 nitrogen and oxygen atoms in total. The molecule has 32 heavy (non-hydrogen) atoms. The summed E-state index contributed by atoms with van der Waals surface area (Å²) in [5.41, 5.74) is 3.98. The van der Waals surface area contributed by atoms with Crippen LogP contribution in [0.1, 0.15) is 0 Å². The zero-order valence-electron chi connectivity index (χ0n) is 15.1. The van der Waals surface area contributed by atoms with Gasteiger partial charge < -0.3 is 0 Å². The van der Waals surface area contributed by atoms with E-state index in [2.05, 4.69) is 26.3 Å². The summed E-state index contributed by atoms with van der Waals surface area (Å²) in [6.45, 7) is 5.34. The summed E-state index contributed by atoms with van der Waals surface area (Å²) >= 11 is 0. The fraction of sp³-hybridized carbons (Fsp3) is 0. The Hall–Kier alpha value is -5.41. The number of hydrogen-bond acceptors (Lipinski definition) is 4. The normalized spacial score (nSPS) is 25.8. The second-order valence-corrected chi connectivity index (χ2v) is 56.7. The topological polar surface area (TPSA) is 36.9 Å². The second kappa shape index (κ2) is 8.53. The standard InChI is InChI=1S/C8H12O4Si4.4CF2.4Cf/c1-5-14-9-13-10-15(6-2)12-16(7-3,8-4)11-14;4*2-1-3;;;;/h5-8H,1-4H2;;;;;;;;. The zero-order chi connectivity index (χ0) is 24.8. The van der Waals surface area contributed by atoms with Crippen LogP contribution in [0.4, 0.5) is 35.1 Å². The molecule has 2 unspecified atom stereocenters. The molecule has 1 saturated heterocycles. The minimum absolute atomic E-state index is 0.909. The zero-order valence-corrected chi connectivity index (χ0v) is 29.6. The van der Waals surface area contributed by atoms with Crippen molar-refractivity contribution in [1.82, 2.24) is 0 Å². The molecule has 0 N–H and O–H groups in total. The average molecular weight is 1490 g/mol. The molecule has 0 aliphatic carbocycles. The van der Waals surface area contributed by atoms with Gasteiger partial charge in [0.1, 0.15) is 0 Å². The first-order valence-corrected chi connectivity index (χ1v) is 35.1. The summed E-state index contributed by atoms with van der Waals surface area (Å²) in [6, 6.07) is 0. The first kappa shape index (κ1) is 24.6. The van der Waals surface area contributed by atoms with E-state index in [0.717, 1.165) is 22.8 Å². The van der Waals surface area contributed by atoms with E-state index < -0.39 is 64.8 Å². The van der Waals surface area contributed by atoms with Gasteiger partial charge in [-0.05, 0) is 0 Å². The SMILES string of the molecule is C=C[Si]1(C=C)O[Si](C=C)([Cf]=[C](F)F)O[Si]([Cf]=[C](F)F)([Cf]=[C](F)F)O[Si](C=C)([Cf]=[C](F)F)O1. The fourth-order valence-electron chi connectivity index (χ4n) is 1.70. The van der Waals surface area contributed by atoms with Gasteiger partial charge in [0.2, 0.25) is 0 Å². The van der Waals surface area contributed by atoms with Crippen molar-refractivity contribution in [2.75, 3.05) is 0 Å². The molecule has 0 aromatic heterocycles. The van der Waals surface area contributed by atoms with Crippen molar-refractivity contribution in [3.63, 3.8) is 0 Å². The number of hydrogen-bond donors (Lipinski definition) is 0. The molecular weight excluding hydrogens is 1480 g/mol. The molecular formula is C12H12Cf4F8O4Si4. The Morgan fingerprint density at radius 1 is 0.500 bits per heavy atom. The van der Waals surface area contributed by atoms with E-state index in [1.165, 1.54) is 0 Å². The van der Waals surface area contributed by atoms with E-state index in [1.54, 1.807) is 0 Å². The van der Waals surface area contributed by atoms with Crippen molar-refractivity contribution in [1.29, 1.82) is 0 Å². The van der Waals surface area contributed by atoms with Crippen LogP contribution in [0.5, 0.6) is 0 Å². The summed E-state index contributed by atoms with van der Waals surface area (Å²) in [6.07, 6.45) is 0. The van der Waals surface area contributed by atoms with E-state index >= 15 is 0 Å². The van der Waals surface area contributed by atoms with E-state index in [0.29, 0.717) is 0 Å². The molecule has 1 rings (SSSR count). The van der Waals surface area contributed by atoms with Crippen LogP contribution in [-0.4, -0.2) is 64.8 Å². The van der Waals surface area contributed by atoms with Crippen LogP contribution in [-0.2, 0) is 16.5 Å². The van der Waals surface area contributed by atoms with Gasteiger partial charge in [-0.3, -0.25) is 0 Å². The minimum atomic E-state index is -4.64. The monoisotopic (exact) mass is 1480 g/mol. The molecule has 1 aliphatic heterocycles. The Morgan fingerprint density at radius 3 is 1.03 bits per heavy atom. The summed E-state index contributed by atoms with van der Waals surface area (Å²) in [5, 5.41) is 0. The molecule has 0 spiro atoms. The molecule has 0 saturated carbocycles. The molecule has 1 aliphatic rings. The third kappa shape index (κ3) is 5.35. The molecule has 2 atom stereocenters. The van der Waals surface area contributed by atoms with Gasteiger partial charge in [-0.15, -0.1) is 0 Å². The fourth-order valence-corrected chi connectivity index (χ4v) is 95.6. The van der Waals surface area contributed by atoms with Gasteiger partial charge in [0, 0.05) is 0 Å². The maximum atomic E-state index is 13.5. The molecule has 0 radical (unpaired) electrons. The van der Waals surface area contributed by atoms with Gasteiger partial charge in [0.25, 0.3) is 0 Å². The molecule has 196 valence electrons. The van der Waals surface area contributed by atoms with Crippen molar-refractivity contribution < 1.29 is 51.6 Å². The Bertz CT molecular complexity index is 833. The van der Waals surface area contributed by atoms with Crippen molar-refractivity contribution in [3.05, 3.63) is 49.1 Å².